The molecule has 0 bridgehead atoms. The van der Waals surface area contributed by atoms with Gasteiger partial charge < -0.3 is 124 Å². The third-order valence-corrected chi connectivity index (χ3v) is 9.93. The van der Waals surface area contributed by atoms with Gasteiger partial charge in [0.25, 0.3) is 0 Å². The van der Waals surface area contributed by atoms with E-state index in [2.05, 4.69) is 0 Å². The molecule has 5 rings (SSSR count). The molecule has 5 aliphatic heterocycles. The summed E-state index contributed by atoms with van der Waals surface area (Å²) in [5, 5.41) is 166. The summed E-state index contributed by atoms with van der Waals surface area (Å²) in [6.07, 6.45) is -45.5. The van der Waals surface area contributed by atoms with Crippen LogP contribution in [0.4, 0.5) is 0 Å². The van der Waals surface area contributed by atoms with Crippen LogP contribution in [0.25, 0.3) is 0 Å². The summed E-state index contributed by atoms with van der Waals surface area (Å²) in [6.45, 7) is -4.35. The van der Waals surface area contributed by atoms with Gasteiger partial charge in [-0.3, -0.25) is 0 Å². The van der Waals surface area contributed by atoms with Gasteiger partial charge in [-0.25, -0.2) is 0 Å². The fraction of sp³-hybridized carbons (Fsp3) is 1.00. The van der Waals surface area contributed by atoms with Gasteiger partial charge in [0.15, 0.2) is 31.5 Å². The van der Waals surface area contributed by atoms with Crippen LogP contribution < -0.4 is 0 Å². The largest absolute Gasteiger partial charge is 0.394 e. The lowest BCUT2D eigenvalue weighted by atomic mass is 9.95. The van der Waals surface area contributed by atoms with Gasteiger partial charge in [0.05, 0.1) is 33.0 Å². The first kappa shape index (κ1) is 44.1. The van der Waals surface area contributed by atoms with Crippen molar-refractivity contribution in [1.82, 2.24) is 0 Å². The molecule has 24 atom stereocenters. The third-order valence-electron chi connectivity index (χ3n) is 9.93. The molecule has 5 saturated heterocycles. The van der Waals surface area contributed by atoms with Crippen molar-refractivity contribution >= 4 is 0 Å². The summed E-state index contributed by atoms with van der Waals surface area (Å²) in [6, 6.07) is 0. The molecule has 0 unspecified atom stereocenters. The van der Waals surface area contributed by atoms with Gasteiger partial charge in [0.1, 0.15) is 116 Å². The lowest BCUT2D eigenvalue weighted by Crippen LogP contribution is -2.69. The molecule has 16 N–H and O–H groups in total. The first-order valence-corrected chi connectivity index (χ1v) is 17.0. The van der Waals surface area contributed by atoms with Gasteiger partial charge in [0, 0.05) is 0 Å². The Bertz CT molecular complexity index is 1160. The molecule has 54 heavy (non-hydrogen) atoms. The summed E-state index contributed by atoms with van der Waals surface area (Å²) in [5.41, 5.74) is 0. The van der Waals surface area contributed by atoms with Gasteiger partial charge in [-0.1, -0.05) is 0 Å². The first-order chi connectivity index (χ1) is 25.6. The number of hydrogen-bond acceptors (Lipinski definition) is 25. The predicted octanol–water partition coefficient (Wildman–Crippen LogP) is -11.3. The molecule has 0 aromatic carbocycles. The fourth-order valence-electron chi connectivity index (χ4n) is 6.69. The molecule has 0 radical (unpaired) electrons. The maximum absolute atomic E-state index is 11.4. The Morgan fingerprint density at radius 1 is 0.352 bits per heavy atom. The molecule has 5 fully saturated rings. The SMILES string of the molecule is OC[C@H]1O[C@@H](O[C@H]2[C@H](O[C@H]3[C@H](O[C@H]4[C@H](O)[C@@H](O)[C@H](O)O[C@@H]4CO)O[C@H](CO)[C@@H](O)[C@@H]3O[C@@H]3OC[C@@H](O)[C@H](O)[C@H]3O)O[C@H](CO)[C@@H](O)[C@@H]2O)[C@H](O)[C@@H](O)[C@@H]1O. The van der Waals surface area contributed by atoms with Crippen LogP contribution in [-0.4, -0.2) is 262 Å². The second kappa shape index (κ2) is 18.7. The molecule has 0 saturated carbocycles. The number of hydrogen-bond donors (Lipinski definition) is 16. The lowest BCUT2D eigenvalue weighted by Gasteiger charge is -2.51. The molecule has 25 heteroatoms. The molecule has 0 spiro atoms. The Hall–Kier alpha value is -1.00. The van der Waals surface area contributed by atoms with E-state index in [0.717, 1.165) is 0 Å². The van der Waals surface area contributed by atoms with Gasteiger partial charge in [-0.15, -0.1) is 0 Å². The summed E-state index contributed by atoms with van der Waals surface area (Å²) in [5.74, 6) is 0. The van der Waals surface area contributed by atoms with Crippen LogP contribution in [0.15, 0.2) is 0 Å². The molecule has 25 nitrogen and oxygen atoms in total. The minimum absolute atomic E-state index is 0.593. The zero-order chi connectivity index (χ0) is 39.8. The molecule has 0 aliphatic carbocycles. The Labute approximate surface area is 305 Å². The van der Waals surface area contributed by atoms with Crippen LogP contribution in [0, 0.1) is 0 Å². The van der Waals surface area contributed by atoms with Crippen molar-refractivity contribution in [3.63, 3.8) is 0 Å². The van der Waals surface area contributed by atoms with Crippen LogP contribution in [0.2, 0.25) is 0 Å². The normalized spacial score (nSPS) is 53.3. The van der Waals surface area contributed by atoms with Crippen molar-refractivity contribution < 1.29 is 124 Å². The highest BCUT2D eigenvalue weighted by Gasteiger charge is 2.57. The van der Waals surface area contributed by atoms with E-state index in [0.29, 0.717) is 0 Å². The quantitative estimate of drug-likeness (QED) is 0.0871. The smallest absolute Gasteiger partial charge is 0.187 e. The van der Waals surface area contributed by atoms with Gasteiger partial charge >= 0.3 is 0 Å². The van der Waals surface area contributed by atoms with Crippen molar-refractivity contribution in [3.05, 3.63) is 0 Å². The Kier molecular flexibility index (Phi) is 15.3. The number of ether oxygens (including phenoxy) is 9. The van der Waals surface area contributed by atoms with Crippen LogP contribution in [0.3, 0.4) is 0 Å². The maximum atomic E-state index is 11.4. The van der Waals surface area contributed by atoms with Crippen molar-refractivity contribution in [2.75, 3.05) is 33.0 Å². The van der Waals surface area contributed by atoms with E-state index < -0.39 is 180 Å². The highest BCUT2D eigenvalue weighted by atomic mass is 16.8. The van der Waals surface area contributed by atoms with Crippen molar-refractivity contribution in [1.29, 1.82) is 0 Å². The van der Waals surface area contributed by atoms with Crippen molar-refractivity contribution in [2.45, 2.75) is 147 Å². The van der Waals surface area contributed by atoms with Crippen LogP contribution in [0.5, 0.6) is 0 Å². The van der Waals surface area contributed by atoms with Crippen LogP contribution in [0.1, 0.15) is 0 Å². The fourth-order valence-corrected chi connectivity index (χ4v) is 6.69. The van der Waals surface area contributed by atoms with E-state index in [1.54, 1.807) is 0 Å². The lowest BCUT2D eigenvalue weighted by molar-refractivity contribution is -0.413. The Morgan fingerprint density at radius 2 is 0.796 bits per heavy atom. The summed E-state index contributed by atoms with van der Waals surface area (Å²) in [7, 11) is 0. The molecule has 0 aromatic rings. The first-order valence-electron chi connectivity index (χ1n) is 17.0. The van der Waals surface area contributed by atoms with Crippen molar-refractivity contribution in [3.8, 4) is 0 Å². The Balaban J connectivity index is 1.52. The van der Waals surface area contributed by atoms with Gasteiger partial charge in [-0.05, 0) is 0 Å². The molecular weight excluding hydrogens is 748 g/mol. The van der Waals surface area contributed by atoms with Gasteiger partial charge in [0.2, 0.25) is 0 Å². The molecule has 5 heterocycles. The average Bonchev–Trinajstić information content (AvgIpc) is 3.16. The molecule has 5 aliphatic rings. The van der Waals surface area contributed by atoms with E-state index >= 15 is 0 Å². The van der Waals surface area contributed by atoms with E-state index in [-0.39, 0.29) is 0 Å². The second-order valence-corrected chi connectivity index (χ2v) is 13.5. The summed E-state index contributed by atoms with van der Waals surface area (Å²) >= 11 is 0. The average molecular weight is 799 g/mol. The number of rotatable bonds is 12. The van der Waals surface area contributed by atoms with Crippen LogP contribution in [-0.2, 0) is 42.6 Å². The Morgan fingerprint density at radius 3 is 1.39 bits per heavy atom. The zero-order valence-electron chi connectivity index (χ0n) is 28.2. The molecular formula is C29H50O25. The standard InChI is InChI=1S/C29H50O25/c30-1-7-12(36)15(39)20(44)27(48-7)53-23-16(40)13(37)8(2-31)49-28(23)54-24-22(52-26-19(43)11(35)6(34)5-46-26)14(38)9(3-32)50-29(24)51-21-10(4-33)47-25(45)18(42)17(21)41/h6-45H,1-5H2/t6-,7-,8-,9-,10-,11+,12-,13-,14-,15+,16+,17-,18-,19-,20-,21-,22+,23-,24-,25-,26+,27+,28+,29+/m1/s1. The van der Waals surface area contributed by atoms with E-state index in [4.69, 9.17) is 42.6 Å². The van der Waals surface area contributed by atoms with Crippen molar-refractivity contribution in [2.24, 2.45) is 0 Å². The summed E-state index contributed by atoms with van der Waals surface area (Å²) in [4.78, 5) is 0. The highest BCUT2D eigenvalue weighted by molar-refractivity contribution is 4.99. The number of aliphatic hydroxyl groups excluding tert-OH is 16. The minimum Gasteiger partial charge on any atom is -0.394 e. The zero-order valence-corrected chi connectivity index (χ0v) is 28.2. The predicted molar refractivity (Wildman–Crippen MR) is 161 cm³/mol. The summed E-state index contributed by atoms with van der Waals surface area (Å²) < 4.78 is 50.7. The van der Waals surface area contributed by atoms with E-state index in [1.165, 1.54) is 0 Å². The molecule has 0 amide bonds. The van der Waals surface area contributed by atoms with E-state index in [9.17, 15) is 81.7 Å². The number of aliphatic hydroxyl groups is 16. The molecule has 316 valence electrons. The maximum Gasteiger partial charge on any atom is 0.187 e. The van der Waals surface area contributed by atoms with Crippen LogP contribution >= 0.6 is 0 Å². The third kappa shape index (κ3) is 8.85. The highest BCUT2D eigenvalue weighted by Crippen LogP contribution is 2.37. The second-order valence-electron chi connectivity index (χ2n) is 13.5. The minimum atomic E-state index is -2.10. The van der Waals surface area contributed by atoms with Gasteiger partial charge in [-0.2, -0.15) is 0 Å². The van der Waals surface area contributed by atoms with E-state index in [1.807, 2.05) is 0 Å². The topological polar surface area (TPSA) is 407 Å². The molecule has 0 aromatic heterocycles. The monoisotopic (exact) mass is 798 g/mol.